The summed E-state index contributed by atoms with van der Waals surface area (Å²) in [6, 6.07) is 11.4. The molecule has 4 heteroatoms. The summed E-state index contributed by atoms with van der Waals surface area (Å²) in [6.07, 6.45) is 0. The predicted molar refractivity (Wildman–Crippen MR) is 72.9 cm³/mol. The molecule has 88 valence electrons. The van der Waals surface area contributed by atoms with E-state index in [0.717, 1.165) is 22.8 Å². The van der Waals surface area contributed by atoms with E-state index >= 15 is 0 Å². The van der Waals surface area contributed by atoms with E-state index in [-0.39, 0.29) is 5.91 Å². The molecule has 0 aliphatic carbocycles. The minimum atomic E-state index is -0.0614. The molecule has 0 saturated carbocycles. The molecule has 17 heavy (non-hydrogen) atoms. The van der Waals surface area contributed by atoms with Crippen molar-refractivity contribution in [2.45, 2.75) is 6.92 Å². The highest BCUT2D eigenvalue weighted by Gasteiger charge is 2.06. The maximum Gasteiger partial charge on any atom is 0.265 e. The van der Waals surface area contributed by atoms with Crippen LogP contribution in [-0.4, -0.2) is 12.5 Å². The Hall–Kier alpha value is -1.81. The highest BCUT2D eigenvalue weighted by Crippen LogP contribution is 2.17. The quantitative estimate of drug-likeness (QED) is 0.867. The van der Waals surface area contributed by atoms with Crippen LogP contribution in [-0.2, 0) is 0 Å². The van der Waals surface area contributed by atoms with Gasteiger partial charge in [0.05, 0.1) is 4.88 Å². The lowest BCUT2D eigenvalue weighted by Crippen LogP contribution is -2.10. The lowest BCUT2D eigenvalue weighted by Gasteiger charge is -2.07. The molecule has 0 bridgehead atoms. The van der Waals surface area contributed by atoms with Gasteiger partial charge in [-0.1, -0.05) is 12.1 Å². The second-order valence-electron chi connectivity index (χ2n) is 3.54. The zero-order valence-electron chi connectivity index (χ0n) is 9.57. The van der Waals surface area contributed by atoms with Gasteiger partial charge in [0.1, 0.15) is 0 Å². The van der Waals surface area contributed by atoms with E-state index in [9.17, 15) is 4.79 Å². The van der Waals surface area contributed by atoms with E-state index in [4.69, 9.17) is 0 Å². The van der Waals surface area contributed by atoms with Crippen molar-refractivity contribution >= 4 is 28.6 Å². The van der Waals surface area contributed by atoms with Crippen LogP contribution >= 0.6 is 11.3 Å². The first-order chi connectivity index (χ1) is 8.29. The number of anilines is 2. The molecule has 1 heterocycles. The van der Waals surface area contributed by atoms with Crippen LogP contribution in [0.25, 0.3) is 0 Å². The number of hydrogen-bond acceptors (Lipinski definition) is 3. The predicted octanol–water partition coefficient (Wildman–Crippen LogP) is 3.43. The van der Waals surface area contributed by atoms with Crippen LogP contribution in [0.2, 0.25) is 0 Å². The summed E-state index contributed by atoms with van der Waals surface area (Å²) in [5, 5.41) is 7.97. The molecule has 0 spiro atoms. The lowest BCUT2D eigenvalue weighted by molar-refractivity contribution is 0.103. The molecule has 1 aromatic carbocycles. The smallest absolute Gasteiger partial charge is 0.265 e. The van der Waals surface area contributed by atoms with E-state index in [1.807, 2.05) is 48.7 Å². The van der Waals surface area contributed by atoms with Crippen LogP contribution in [0, 0.1) is 0 Å². The van der Waals surface area contributed by atoms with Crippen LogP contribution in [0.4, 0.5) is 11.4 Å². The van der Waals surface area contributed by atoms with Gasteiger partial charge < -0.3 is 10.6 Å². The first-order valence-corrected chi connectivity index (χ1v) is 6.36. The molecule has 2 N–H and O–H groups in total. The minimum absolute atomic E-state index is 0.0614. The van der Waals surface area contributed by atoms with Gasteiger partial charge in [0, 0.05) is 17.9 Å². The van der Waals surface area contributed by atoms with Crippen LogP contribution in [0.5, 0.6) is 0 Å². The topological polar surface area (TPSA) is 41.1 Å². The summed E-state index contributed by atoms with van der Waals surface area (Å²) < 4.78 is 0. The number of hydrogen-bond donors (Lipinski definition) is 2. The van der Waals surface area contributed by atoms with Crippen molar-refractivity contribution in [2.75, 3.05) is 17.2 Å². The Morgan fingerprint density at radius 3 is 2.76 bits per heavy atom. The fourth-order valence-corrected chi connectivity index (χ4v) is 2.13. The van der Waals surface area contributed by atoms with Gasteiger partial charge in [-0.15, -0.1) is 11.3 Å². The third-order valence-corrected chi connectivity index (χ3v) is 3.11. The molecule has 0 aliphatic rings. The van der Waals surface area contributed by atoms with Gasteiger partial charge in [-0.25, -0.2) is 0 Å². The van der Waals surface area contributed by atoms with Gasteiger partial charge >= 0.3 is 0 Å². The third-order valence-electron chi connectivity index (χ3n) is 2.25. The first-order valence-electron chi connectivity index (χ1n) is 5.48. The van der Waals surface area contributed by atoms with Crippen molar-refractivity contribution in [3.8, 4) is 0 Å². The second-order valence-corrected chi connectivity index (χ2v) is 4.49. The van der Waals surface area contributed by atoms with Crippen molar-refractivity contribution in [3.05, 3.63) is 46.7 Å². The Morgan fingerprint density at radius 1 is 1.24 bits per heavy atom. The number of thiophene rings is 1. The molecule has 2 rings (SSSR count). The Kier molecular flexibility index (Phi) is 3.77. The number of rotatable bonds is 4. The van der Waals surface area contributed by atoms with Gasteiger partial charge in [0.25, 0.3) is 5.91 Å². The average Bonchev–Trinajstić information content (AvgIpc) is 2.83. The molecule has 1 aromatic heterocycles. The summed E-state index contributed by atoms with van der Waals surface area (Å²) in [4.78, 5) is 12.5. The van der Waals surface area contributed by atoms with E-state index in [2.05, 4.69) is 10.6 Å². The van der Waals surface area contributed by atoms with Gasteiger partial charge in [0.15, 0.2) is 0 Å². The monoisotopic (exact) mass is 246 g/mol. The molecule has 3 nitrogen and oxygen atoms in total. The van der Waals surface area contributed by atoms with Crippen LogP contribution < -0.4 is 10.6 Å². The van der Waals surface area contributed by atoms with Crippen molar-refractivity contribution in [1.29, 1.82) is 0 Å². The number of nitrogens with one attached hydrogen (secondary N) is 2. The zero-order valence-corrected chi connectivity index (χ0v) is 10.4. The van der Waals surface area contributed by atoms with Crippen LogP contribution in [0.3, 0.4) is 0 Å². The van der Waals surface area contributed by atoms with Crippen molar-refractivity contribution in [2.24, 2.45) is 0 Å². The SMILES string of the molecule is CCNc1cccc(NC(=O)c2cccs2)c1. The summed E-state index contributed by atoms with van der Waals surface area (Å²) >= 11 is 1.44. The van der Waals surface area contributed by atoms with Gasteiger partial charge in [0.2, 0.25) is 0 Å². The Balaban J connectivity index is 2.08. The van der Waals surface area contributed by atoms with E-state index in [1.54, 1.807) is 0 Å². The summed E-state index contributed by atoms with van der Waals surface area (Å²) in [5.74, 6) is -0.0614. The van der Waals surface area contributed by atoms with Gasteiger partial charge in [-0.05, 0) is 36.6 Å². The average molecular weight is 246 g/mol. The van der Waals surface area contributed by atoms with E-state index in [0.29, 0.717) is 0 Å². The molecular weight excluding hydrogens is 232 g/mol. The number of amides is 1. The molecule has 0 saturated heterocycles. The number of benzene rings is 1. The number of carbonyl (C=O) groups is 1. The Morgan fingerprint density at radius 2 is 2.06 bits per heavy atom. The van der Waals surface area contributed by atoms with E-state index in [1.165, 1.54) is 11.3 Å². The van der Waals surface area contributed by atoms with Crippen molar-refractivity contribution in [3.63, 3.8) is 0 Å². The van der Waals surface area contributed by atoms with Crippen LogP contribution in [0.1, 0.15) is 16.6 Å². The zero-order chi connectivity index (χ0) is 12.1. The fraction of sp³-hybridized carbons (Fsp3) is 0.154. The van der Waals surface area contributed by atoms with Crippen molar-refractivity contribution in [1.82, 2.24) is 0 Å². The van der Waals surface area contributed by atoms with E-state index < -0.39 is 0 Å². The van der Waals surface area contributed by atoms with Gasteiger partial charge in [-0.3, -0.25) is 4.79 Å². The Bertz CT molecular complexity index is 494. The molecule has 0 unspecified atom stereocenters. The Labute approximate surface area is 104 Å². The molecule has 0 radical (unpaired) electrons. The fourth-order valence-electron chi connectivity index (χ4n) is 1.51. The summed E-state index contributed by atoms with van der Waals surface area (Å²) in [6.45, 7) is 2.90. The van der Waals surface area contributed by atoms with Crippen molar-refractivity contribution < 1.29 is 4.79 Å². The maximum absolute atomic E-state index is 11.8. The van der Waals surface area contributed by atoms with Crippen LogP contribution in [0.15, 0.2) is 41.8 Å². The normalized spacial score (nSPS) is 9.94. The first kappa shape index (κ1) is 11.7. The summed E-state index contributed by atoms with van der Waals surface area (Å²) in [7, 11) is 0. The summed E-state index contributed by atoms with van der Waals surface area (Å²) in [5.41, 5.74) is 1.82. The standard InChI is InChI=1S/C13H14N2OS/c1-2-14-10-5-3-6-11(9-10)15-13(16)12-7-4-8-17-12/h3-9,14H,2H2,1H3,(H,15,16). The number of carbonyl (C=O) groups excluding carboxylic acids is 1. The molecule has 0 atom stereocenters. The third kappa shape index (κ3) is 3.07. The molecule has 0 aliphatic heterocycles. The highest BCUT2D eigenvalue weighted by atomic mass is 32.1. The maximum atomic E-state index is 11.8. The largest absolute Gasteiger partial charge is 0.385 e. The molecule has 0 fully saturated rings. The second kappa shape index (κ2) is 5.50. The van der Waals surface area contributed by atoms with Gasteiger partial charge in [-0.2, -0.15) is 0 Å². The molecular formula is C13H14N2OS. The molecule has 1 amide bonds. The lowest BCUT2D eigenvalue weighted by atomic mass is 10.2. The molecule has 2 aromatic rings. The minimum Gasteiger partial charge on any atom is -0.385 e. The highest BCUT2D eigenvalue weighted by molar-refractivity contribution is 7.12.